The highest BCUT2D eigenvalue weighted by Gasteiger charge is 2.18. The fourth-order valence-electron chi connectivity index (χ4n) is 4.02. The summed E-state index contributed by atoms with van der Waals surface area (Å²) in [5.41, 5.74) is 2.88. The quantitative estimate of drug-likeness (QED) is 0.593. The Labute approximate surface area is 198 Å². The van der Waals surface area contributed by atoms with E-state index in [1.165, 1.54) is 0 Å². The molecule has 1 aromatic carbocycles. The van der Waals surface area contributed by atoms with Gasteiger partial charge in [-0.25, -0.2) is 15.0 Å². The van der Waals surface area contributed by atoms with Gasteiger partial charge < -0.3 is 24.4 Å². The predicted molar refractivity (Wildman–Crippen MR) is 127 cm³/mol. The third-order valence-corrected chi connectivity index (χ3v) is 5.85. The first kappa shape index (κ1) is 22.1. The summed E-state index contributed by atoms with van der Waals surface area (Å²) in [5.74, 6) is 1.96. The molecule has 174 valence electrons. The molecule has 3 aromatic rings. The summed E-state index contributed by atoms with van der Waals surface area (Å²) in [6.07, 6.45) is 5.20. The average Bonchev–Trinajstić information content (AvgIpc) is 2.90. The molecule has 2 fully saturated rings. The van der Waals surface area contributed by atoms with E-state index in [9.17, 15) is 5.26 Å². The molecule has 4 heterocycles. The Balaban J connectivity index is 1.32. The minimum atomic E-state index is 0.0734. The minimum absolute atomic E-state index is 0.0734. The Bertz CT molecular complexity index is 1170. The van der Waals surface area contributed by atoms with Crippen molar-refractivity contribution in [2.45, 2.75) is 18.9 Å². The fraction of sp³-hybridized carbons (Fsp3) is 0.360. The number of morpholine rings is 1. The van der Waals surface area contributed by atoms with E-state index < -0.39 is 0 Å². The van der Waals surface area contributed by atoms with E-state index in [-0.39, 0.29) is 6.10 Å². The highest BCUT2D eigenvalue weighted by molar-refractivity contribution is 5.66. The van der Waals surface area contributed by atoms with Crippen LogP contribution in [0.5, 0.6) is 5.75 Å². The van der Waals surface area contributed by atoms with Gasteiger partial charge in [-0.3, -0.25) is 0 Å². The number of hydrogen-bond donors (Lipinski definition) is 1. The van der Waals surface area contributed by atoms with Crippen molar-refractivity contribution in [2.75, 3.05) is 49.7 Å². The Morgan fingerprint density at radius 3 is 2.59 bits per heavy atom. The van der Waals surface area contributed by atoms with Crippen molar-refractivity contribution in [3.05, 3.63) is 54.4 Å². The predicted octanol–water partition coefficient (Wildman–Crippen LogP) is 3.55. The first-order valence-corrected chi connectivity index (χ1v) is 11.5. The zero-order valence-corrected chi connectivity index (χ0v) is 18.8. The third kappa shape index (κ3) is 5.25. The van der Waals surface area contributed by atoms with Crippen LogP contribution in [0, 0.1) is 11.3 Å². The van der Waals surface area contributed by atoms with Crippen LogP contribution in [0.3, 0.4) is 0 Å². The Kier molecular flexibility index (Phi) is 6.79. The molecular weight excluding hydrogens is 432 g/mol. The number of benzene rings is 1. The molecule has 0 atom stereocenters. The van der Waals surface area contributed by atoms with Crippen LogP contribution in [-0.2, 0) is 9.47 Å². The van der Waals surface area contributed by atoms with Gasteiger partial charge in [-0.05, 0) is 30.3 Å². The summed E-state index contributed by atoms with van der Waals surface area (Å²) in [4.78, 5) is 15.7. The maximum Gasteiger partial charge on any atom is 0.227 e. The first-order chi connectivity index (χ1) is 16.8. The van der Waals surface area contributed by atoms with E-state index in [1.54, 1.807) is 12.4 Å². The van der Waals surface area contributed by atoms with Crippen molar-refractivity contribution in [1.82, 2.24) is 15.0 Å². The van der Waals surface area contributed by atoms with E-state index in [2.05, 4.69) is 31.2 Å². The Morgan fingerprint density at radius 2 is 1.76 bits per heavy atom. The number of nitriles is 1. The molecule has 34 heavy (non-hydrogen) atoms. The highest BCUT2D eigenvalue weighted by Crippen LogP contribution is 2.28. The molecule has 5 rings (SSSR count). The van der Waals surface area contributed by atoms with Gasteiger partial charge in [-0.2, -0.15) is 5.26 Å². The molecular formula is C25H26N6O3. The minimum Gasteiger partial charge on any atom is -0.489 e. The first-order valence-electron chi connectivity index (χ1n) is 11.5. The molecule has 0 bridgehead atoms. The summed E-state index contributed by atoms with van der Waals surface area (Å²) in [5, 5.41) is 13.0. The molecule has 0 unspecified atom stereocenters. The molecule has 0 radical (unpaired) electrons. The van der Waals surface area contributed by atoms with Gasteiger partial charge in [-0.15, -0.1) is 0 Å². The van der Waals surface area contributed by atoms with Crippen LogP contribution in [0.15, 0.2) is 48.8 Å². The Hall–Kier alpha value is -3.74. The zero-order chi connectivity index (χ0) is 23.2. The molecule has 0 spiro atoms. The van der Waals surface area contributed by atoms with E-state index in [4.69, 9.17) is 14.2 Å². The summed E-state index contributed by atoms with van der Waals surface area (Å²) in [6, 6.07) is 13.5. The number of pyridine rings is 1. The Morgan fingerprint density at radius 1 is 0.971 bits per heavy atom. The van der Waals surface area contributed by atoms with E-state index in [0.29, 0.717) is 49.4 Å². The van der Waals surface area contributed by atoms with Crippen molar-refractivity contribution < 1.29 is 14.2 Å². The number of hydrogen-bond acceptors (Lipinski definition) is 9. The highest BCUT2D eigenvalue weighted by atomic mass is 16.5. The summed E-state index contributed by atoms with van der Waals surface area (Å²) >= 11 is 0. The number of nitrogens with zero attached hydrogens (tertiary/aromatic N) is 5. The maximum atomic E-state index is 9.68. The lowest BCUT2D eigenvalue weighted by Gasteiger charge is -2.28. The molecule has 2 aromatic heterocycles. The maximum absolute atomic E-state index is 9.68. The van der Waals surface area contributed by atoms with Crippen LogP contribution in [0.2, 0.25) is 0 Å². The summed E-state index contributed by atoms with van der Waals surface area (Å²) < 4.78 is 16.9. The second-order valence-electron chi connectivity index (χ2n) is 8.14. The molecule has 0 saturated carbocycles. The van der Waals surface area contributed by atoms with Gasteiger partial charge >= 0.3 is 0 Å². The number of aromatic nitrogens is 3. The van der Waals surface area contributed by atoms with Crippen LogP contribution in [0.25, 0.3) is 11.3 Å². The molecule has 2 aliphatic rings. The van der Waals surface area contributed by atoms with Gasteiger partial charge in [-0.1, -0.05) is 0 Å². The van der Waals surface area contributed by atoms with Crippen molar-refractivity contribution in [1.29, 1.82) is 5.26 Å². The normalized spacial score (nSPS) is 16.6. The number of nitrogens with one attached hydrogen (secondary N) is 1. The lowest BCUT2D eigenvalue weighted by molar-refractivity contribution is 0.0254. The SMILES string of the molecule is N#Cc1cc(-c2ccnc(Nc3ccnc(N4CCOCC4)c3)n2)ccc1OC1CCOCC1. The van der Waals surface area contributed by atoms with E-state index in [1.807, 2.05) is 36.4 Å². The fourth-order valence-corrected chi connectivity index (χ4v) is 4.02. The zero-order valence-electron chi connectivity index (χ0n) is 18.8. The lowest BCUT2D eigenvalue weighted by atomic mass is 10.1. The monoisotopic (exact) mass is 458 g/mol. The van der Waals surface area contributed by atoms with Gasteiger partial charge in [0, 0.05) is 55.6 Å². The van der Waals surface area contributed by atoms with E-state index >= 15 is 0 Å². The molecule has 2 saturated heterocycles. The molecule has 0 amide bonds. The number of ether oxygens (including phenoxy) is 3. The van der Waals surface area contributed by atoms with Crippen molar-refractivity contribution >= 4 is 17.5 Å². The van der Waals surface area contributed by atoms with Crippen molar-refractivity contribution in [3.8, 4) is 23.1 Å². The van der Waals surface area contributed by atoms with Crippen LogP contribution in [0.4, 0.5) is 17.5 Å². The van der Waals surface area contributed by atoms with Crippen LogP contribution < -0.4 is 15.0 Å². The molecule has 0 aliphatic carbocycles. The summed E-state index contributed by atoms with van der Waals surface area (Å²) in [7, 11) is 0. The second kappa shape index (κ2) is 10.5. The molecule has 9 heteroatoms. The topological polar surface area (TPSA) is 105 Å². The lowest BCUT2D eigenvalue weighted by Crippen LogP contribution is -2.36. The number of rotatable bonds is 6. The van der Waals surface area contributed by atoms with Crippen LogP contribution >= 0.6 is 0 Å². The molecule has 9 nitrogen and oxygen atoms in total. The third-order valence-electron chi connectivity index (χ3n) is 5.85. The number of anilines is 3. The molecule has 1 N–H and O–H groups in total. The van der Waals surface area contributed by atoms with Gasteiger partial charge in [0.2, 0.25) is 5.95 Å². The largest absolute Gasteiger partial charge is 0.489 e. The van der Waals surface area contributed by atoms with Crippen LogP contribution in [0.1, 0.15) is 18.4 Å². The van der Waals surface area contributed by atoms with Gasteiger partial charge in [0.25, 0.3) is 0 Å². The summed E-state index contributed by atoms with van der Waals surface area (Å²) in [6.45, 7) is 4.41. The van der Waals surface area contributed by atoms with Gasteiger partial charge in [0.15, 0.2) is 0 Å². The molecule has 2 aliphatic heterocycles. The van der Waals surface area contributed by atoms with E-state index in [0.717, 1.165) is 43.0 Å². The van der Waals surface area contributed by atoms with Gasteiger partial charge in [0.1, 0.15) is 23.7 Å². The van der Waals surface area contributed by atoms with Gasteiger partial charge in [0.05, 0.1) is 37.7 Å². The van der Waals surface area contributed by atoms with Crippen molar-refractivity contribution in [3.63, 3.8) is 0 Å². The standard InChI is InChI=1S/C25H26N6O3/c26-17-19-15-18(1-2-23(19)34-21-5-11-32-12-6-21)22-4-8-28-25(30-22)29-20-3-7-27-24(16-20)31-9-13-33-14-10-31/h1-4,7-8,15-16,21H,5-6,9-14H2,(H,27,28,29,30). The smallest absolute Gasteiger partial charge is 0.227 e. The average molecular weight is 459 g/mol. The van der Waals surface area contributed by atoms with Crippen LogP contribution in [-0.4, -0.2) is 60.6 Å². The van der Waals surface area contributed by atoms with Crippen molar-refractivity contribution in [2.24, 2.45) is 0 Å². The second-order valence-corrected chi connectivity index (χ2v) is 8.14.